The van der Waals surface area contributed by atoms with Crippen molar-refractivity contribution in [1.82, 2.24) is 4.98 Å². The third-order valence-electron chi connectivity index (χ3n) is 2.65. The number of anilines is 1. The van der Waals surface area contributed by atoms with Crippen molar-refractivity contribution in [3.05, 3.63) is 59.4 Å². The maximum atomic E-state index is 12.5. The summed E-state index contributed by atoms with van der Waals surface area (Å²) in [5, 5.41) is 0.521. The second-order valence-corrected chi connectivity index (χ2v) is 4.35. The molecule has 0 aliphatic carbocycles. The molecule has 98 valence electrons. The van der Waals surface area contributed by atoms with E-state index in [4.69, 9.17) is 17.3 Å². The Kier molecular flexibility index (Phi) is 4.49. The van der Waals surface area contributed by atoms with Gasteiger partial charge in [-0.3, -0.25) is 9.78 Å². The molecule has 0 spiro atoms. The molecule has 4 nitrogen and oxygen atoms in total. The Morgan fingerprint density at radius 1 is 1.26 bits per heavy atom. The fraction of sp³-hybridized carbons (Fsp3) is 0.143. The second kappa shape index (κ2) is 6.31. The zero-order valence-corrected chi connectivity index (χ0v) is 11.0. The van der Waals surface area contributed by atoms with Crippen LogP contribution in [0, 0.1) is 0 Å². The molecule has 0 atom stereocenters. The Morgan fingerprint density at radius 3 is 2.68 bits per heavy atom. The zero-order chi connectivity index (χ0) is 13.7. The van der Waals surface area contributed by atoms with Crippen LogP contribution in [0.25, 0.3) is 0 Å². The summed E-state index contributed by atoms with van der Waals surface area (Å²) in [6.07, 6.45) is 3.16. The summed E-state index contributed by atoms with van der Waals surface area (Å²) in [5.41, 5.74) is 6.75. The van der Waals surface area contributed by atoms with Crippen molar-refractivity contribution in [2.45, 2.75) is 0 Å². The summed E-state index contributed by atoms with van der Waals surface area (Å²) < 4.78 is 0. The second-order valence-electron chi connectivity index (χ2n) is 3.94. The number of nitrogens with two attached hydrogens (primary N) is 1. The van der Waals surface area contributed by atoms with Gasteiger partial charge in [0.1, 0.15) is 0 Å². The maximum absolute atomic E-state index is 12.5. The van der Waals surface area contributed by atoms with Crippen molar-refractivity contribution < 1.29 is 4.79 Å². The van der Waals surface area contributed by atoms with Gasteiger partial charge in [-0.1, -0.05) is 23.7 Å². The molecule has 0 saturated heterocycles. The van der Waals surface area contributed by atoms with E-state index in [2.05, 4.69) is 4.98 Å². The van der Waals surface area contributed by atoms with Gasteiger partial charge < -0.3 is 10.6 Å². The Hall–Kier alpha value is -1.91. The van der Waals surface area contributed by atoms with Crippen molar-refractivity contribution in [3.63, 3.8) is 0 Å². The molecule has 19 heavy (non-hydrogen) atoms. The van der Waals surface area contributed by atoms with Gasteiger partial charge in [0.2, 0.25) is 0 Å². The maximum Gasteiger partial charge on any atom is 0.259 e. The number of carbonyl (C=O) groups is 1. The smallest absolute Gasteiger partial charge is 0.259 e. The number of rotatable bonds is 4. The first kappa shape index (κ1) is 13.5. The summed E-state index contributed by atoms with van der Waals surface area (Å²) in [7, 11) is 0. The number of pyridine rings is 1. The number of nitrogens with zero attached hydrogens (tertiary/aromatic N) is 2. The standard InChI is InChI=1S/C14H14ClN3O/c15-12-5-1-2-6-13(12)18(9-7-16)14(19)11-4-3-8-17-10-11/h1-6,8,10H,7,9,16H2. The number of benzene rings is 1. The predicted octanol–water partition coefficient (Wildman–Crippen LogP) is 2.34. The Labute approximate surface area is 116 Å². The lowest BCUT2D eigenvalue weighted by Crippen LogP contribution is -2.35. The lowest BCUT2D eigenvalue weighted by molar-refractivity contribution is 0.0987. The van der Waals surface area contributed by atoms with Crippen molar-refractivity contribution in [3.8, 4) is 0 Å². The molecule has 0 bridgehead atoms. The Bertz CT molecular complexity index is 560. The number of para-hydroxylation sites is 1. The Balaban J connectivity index is 2.36. The molecule has 2 aromatic rings. The molecular weight excluding hydrogens is 262 g/mol. The van der Waals surface area contributed by atoms with Crippen molar-refractivity contribution in [2.75, 3.05) is 18.0 Å². The molecule has 1 aromatic carbocycles. The highest BCUT2D eigenvalue weighted by Gasteiger charge is 2.18. The predicted molar refractivity (Wildman–Crippen MR) is 76.4 cm³/mol. The van der Waals surface area contributed by atoms with E-state index in [1.165, 1.54) is 6.20 Å². The van der Waals surface area contributed by atoms with E-state index in [1.807, 2.05) is 12.1 Å². The highest BCUT2D eigenvalue weighted by Crippen LogP contribution is 2.26. The molecule has 0 aliphatic rings. The van der Waals surface area contributed by atoms with Crippen LogP contribution in [0.15, 0.2) is 48.8 Å². The van der Waals surface area contributed by atoms with Crippen LogP contribution in [-0.4, -0.2) is 24.0 Å². The first-order valence-electron chi connectivity index (χ1n) is 5.90. The summed E-state index contributed by atoms with van der Waals surface area (Å²) in [5.74, 6) is -0.161. The lowest BCUT2D eigenvalue weighted by atomic mass is 10.2. The van der Waals surface area contributed by atoms with Gasteiger partial charge in [-0.25, -0.2) is 0 Å². The van der Waals surface area contributed by atoms with Crippen LogP contribution in [0.1, 0.15) is 10.4 Å². The quantitative estimate of drug-likeness (QED) is 0.932. The van der Waals surface area contributed by atoms with Gasteiger partial charge >= 0.3 is 0 Å². The molecule has 1 aromatic heterocycles. The van der Waals surface area contributed by atoms with E-state index in [1.54, 1.807) is 35.4 Å². The first-order chi connectivity index (χ1) is 9.24. The van der Waals surface area contributed by atoms with Crippen LogP contribution in [0.2, 0.25) is 5.02 Å². The summed E-state index contributed by atoms with van der Waals surface area (Å²) in [6, 6.07) is 10.6. The lowest BCUT2D eigenvalue weighted by Gasteiger charge is -2.23. The van der Waals surface area contributed by atoms with Gasteiger partial charge in [-0.05, 0) is 24.3 Å². The number of carbonyl (C=O) groups excluding carboxylic acids is 1. The molecule has 2 N–H and O–H groups in total. The van der Waals surface area contributed by atoms with Gasteiger partial charge in [-0.15, -0.1) is 0 Å². The molecule has 0 aliphatic heterocycles. The number of hydrogen-bond acceptors (Lipinski definition) is 3. The van der Waals surface area contributed by atoms with E-state index in [9.17, 15) is 4.79 Å². The van der Waals surface area contributed by atoms with Crippen LogP contribution in [0.5, 0.6) is 0 Å². The highest BCUT2D eigenvalue weighted by molar-refractivity contribution is 6.34. The summed E-state index contributed by atoms with van der Waals surface area (Å²) in [4.78, 5) is 18.0. The van der Waals surface area contributed by atoms with Gasteiger partial charge in [0.05, 0.1) is 16.3 Å². The van der Waals surface area contributed by atoms with E-state index in [0.29, 0.717) is 29.4 Å². The fourth-order valence-electron chi connectivity index (χ4n) is 1.78. The molecule has 2 rings (SSSR count). The third-order valence-corrected chi connectivity index (χ3v) is 2.97. The average Bonchev–Trinajstić information content (AvgIpc) is 2.46. The minimum Gasteiger partial charge on any atom is -0.329 e. The molecule has 1 amide bonds. The molecule has 0 radical (unpaired) electrons. The fourth-order valence-corrected chi connectivity index (χ4v) is 2.01. The molecule has 0 unspecified atom stereocenters. The molecule has 0 fully saturated rings. The third kappa shape index (κ3) is 3.10. The largest absolute Gasteiger partial charge is 0.329 e. The number of hydrogen-bond donors (Lipinski definition) is 1. The van der Waals surface area contributed by atoms with E-state index in [0.717, 1.165) is 0 Å². The molecule has 1 heterocycles. The SMILES string of the molecule is NCCN(C(=O)c1cccnc1)c1ccccc1Cl. The molecular formula is C14H14ClN3O. The first-order valence-corrected chi connectivity index (χ1v) is 6.28. The van der Waals surface area contributed by atoms with Crippen LogP contribution in [0.3, 0.4) is 0 Å². The van der Waals surface area contributed by atoms with Crippen LogP contribution in [-0.2, 0) is 0 Å². The number of halogens is 1. The molecule has 0 saturated carbocycles. The zero-order valence-electron chi connectivity index (χ0n) is 10.3. The highest BCUT2D eigenvalue weighted by atomic mass is 35.5. The van der Waals surface area contributed by atoms with Crippen LogP contribution >= 0.6 is 11.6 Å². The molecule has 5 heteroatoms. The van der Waals surface area contributed by atoms with E-state index >= 15 is 0 Å². The summed E-state index contributed by atoms with van der Waals surface area (Å²) >= 11 is 6.14. The van der Waals surface area contributed by atoms with Crippen LogP contribution < -0.4 is 10.6 Å². The summed E-state index contributed by atoms with van der Waals surface area (Å²) in [6.45, 7) is 0.759. The topological polar surface area (TPSA) is 59.2 Å². The van der Waals surface area contributed by atoms with Gasteiger partial charge in [0.15, 0.2) is 0 Å². The van der Waals surface area contributed by atoms with Gasteiger partial charge in [0, 0.05) is 25.5 Å². The minimum absolute atomic E-state index is 0.161. The van der Waals surface area contributed by atoms with E-state index < -0.39 is 0 Å². The monoisotopic (exact) mass is 275 g/mol. The van der Waals surface area contributed by atoms with E-state index in [-0.39, 0.29) is 5.91 Å². The number of aromatic nitrogens is 1. The Morgan fingerprint density at radius 2 is 2.05 bits per heavy atom. The minimum atomic E-state index is -0.161. The average molecular weight is 276 g/mol. The normalized spacial score (nSPS) is 10.2. The van der Waals surface area contributed by atoms with Crippen molar-refractivity contribution >= 4 is 23.2 Å². The number of amides is 1. The van der Waals surface area contributed by atoms with Gasteiger partial charge in [-0.2, -0.15) is 0 Å². The van der Waals surface area contributed by atoms with Crippen molar-refractivity contribution in [2.24, 2.45) is 5.73 Å². The van der Waals surface area contributed by atoms with Crippen molar-refractivity contribution in [1.29, 1.82) is 0 Å². The van der Waals surface area contributed by atoms with Gasteiger partial charge in [0.25, 0.3) is 5.91 Å². The van der Waals surface area contributed by atoms with Crippen LogP contribution in [0.4, 0.5) is 5.69 Å².